The normalized spacial score (nSPS) is 13.8. The van der Waals surface area contributed by atoms with Gasteiger partial charge in [-0.05, 0) is 5.56 Å². The van der Waals surface area contributed by atoms with Gasteiger partial charge < -0.3 is 25.5 Å². The summed E-state index contributed by atoms with van der Waals surface area (Å²) in [4.78, 5) is 33.6. The molecule has 1 aromatic rings. The molecule has 116 valence electrons. The SMILES string of the molecule is N[C@@H](CC(CP(=O)(O)O)=NOCc1ccccc1)C(=O)O. The second kappa shape index (κ2) is 7.90. The first-order chi connectivity index (χ1) is 9.78. The lowest BCUT2D eigenvalue weighted by molar-refractivity contribution is -0.138. The third-order valence-corrected chi connectivity index (χ3v) is 3.21. The maximum atomic E-state index is 11.0. The van der Waals surface area contributed by atoms with E-state index in [1.54, 1.807) is 24.3 Å². The van der Waals surface area contributed by atoms with Crippen LogP contribution < -0.4 is 5.73 Å². The van der Waals surface area contributed by atoms with E-state index in [-0.39, 0.29) is 18.7 Å². The summed E-state index contributed by atoms with van der Waals surface area (Å²) in [6.45, 7) is 0.105. The Balaban J connectivity index is 2.68. The fourth-order valence-corrected chi connectivity index (χ4v) is 2.14. The number of hydrogen-bond acceptors (Lipinski definition) is 5. The molecule has 0 heterocycles. The highest BCUT2D eigenvalue weighted by Crippen LogP contribution is 2.34. The van der Waals surface area contributed by atoms with Gasteiger partial charge in [-0.1, -0.05) is 35.5 Å². The van der Waals surface area contributed by atoms with Crippen molar-refractivity contribution in [1.82, 2.24) is 0 Å². The van der Waals surface area contributed by atoms with Crippen LogP contribution >= 0.6 is 7.60 Å². The van der Waals surface area contributed by atoms with E-state index < -0.39 is 25.8 Å². The van der Waals surface area contributed by atoms with Crippen molar-refractivity contribution in [1.29, 1.82) is 0 Å². The van der Waals surface area contributed by atoms with Crippen LogP contribution in [0.15, 0.2) is 35.5 Å². The van der Waals surface area contributed by atoms with Gasteiger partial charge in [0.2, 0.25) is 0 Å². The Morgan fingerprint density at radius 1 is 1.33 bits per heavy atom. The maximum absolute atomic E-state index is 11.0. The number of hydrogen-bond donors (Lipinski definition) is 4. The molecule has 0 unspecified atom stereocenters. The Morgan fingerprint density at radius 3 is 2.48 bits per heavy atom. The number of rotatable bonds is 8. The van der Waals surface area contributed by atoms with Crippen molar-refractivity contribution < 1.29 is 29.1 Å². The van der Waals surface area contributed by atoms with E-state index in [0.717, 1.165) is 5.56 Å². The number of benzene rings is 1. The molecule has 0 bridgehead atoms. The molecule has 0 spiro atoms. The zero-order valence-corrected chi connectivity index (χ0v) is 12.0. The molecule has 9 heteroatoms. The lowest BCUT2D eigenvalue weighted by Gasteiger charge is -2.10. The smallest absolute Gasteiger partial charge is 0.331 e. The molecule has 0 saturated carbocycles. The summed E-state index contributed by atoms with van der Waals surface area (Å²) >= 11 is 0. The van der Waals surface area contributed by atoms with Crippen LogP contribution in [0, 0.1) is 0 Å². The van der Waals surface area contributed by atoms with Gasteiger partial charge in [0, 0.05) is 6.42 Å². The summed E-state index contributed by atoms with van der Waals surface area (Å²) in [7, 11) is -4.38. The molecular weight excluding hydrogens is 299 g/mol. The predicted molar refractivity (Wildman–Crippen MR) is 75.8 cm³/mol. The quantitative estimate of drug-likeness (QED) is 0.311. The van der Waals surface area contributed by atoms with Gasteiger partial charge in [-0.15, -0.1) is 0 Å². The van der Waals surface area contributed by atoms with E-state index in [1.807, 2.05) is 6.07 Å². The first kappa shape index (κ1) is 17.3. The number of carboxylic acids is 1. The summed E-state index contributed by atoms with van der Waals surface area (Å²) in [6, 6.07) is 7.73. The van der Waals surface area contributed by atoms with Crippen molar-refractivity contribution in [2.75, 3.05) is 6.16 Å². The summed E-state index contributed by atoms with van der Waals surface area (Å²) in [5.74, 6) is -1.28. The second-order valence-electron chi connectivity index (χ2n) is 4.39. The average Bonchev–Trinajstić information content (AvgIpc) is 2.37. The van der Waals surface area contributed by atoms with Gasteiger partial charge in [-0.2, -0.15) is 0 Å². The predicted octanol–water partition coefficient (Wildman–Crippen LogP) is 0.539. The Morgan fingerprint density at radius 2 is 1.95 bits per heavy atom. The number of oxime groups is 1. The summed E-state index contributed by atoms with van der Waals surface area (Å²) in [5, 5.41) is 12.3. The molecule has 0 fully saturated rings. The lowest BCUT2D eigenvalue weighted by Crippen LogP contribution is -2.33. The zero-order chi connectivity index (χ0) is 15.9. The minimum absolute atomic E-state index is 0.0887. The topological polar surface area (TPSA) is 142 Å². The molecule has 1 aromatic carbocycles. The first-order valence-electron chi connectivity index (χ1n) is 6.02. The van der Waals surface area contributed by atoms with Crippen molar-refractivity contribution in [3.05, 3.63) is 35.9 Å². The van der Waals surface area contributed by atoms with Gasteiger partial charge in [0.25, 0.3) is 0 Å². The molecule has 0 aliphatic heterocycles. The number of carboxylic acid groups (broad SMARTS) is 1. The molecule has 21 heavy (non-hydrogen) atoms. The highest BCUT2D eigenvalue weighted by Gasteiger charge is 2.22. The Labute approximate surface area is 121 Å². The summed E-state index contributed by atoms with van der Waals surface area (Å²) < 4.78 is 11.0. The molecule has 8 nitrogen and oxygen atoms in total. The first-order valence-corrected chi connectivity index (χ1v) is 7.82. The van der Waals surface area contributed by atoms with E-state index >= 15 is 0 Å². The van der Waals surface area contributed by atoms with Crippen molar-refractivity contribution in [2.45, 2.75) is 19.1 Å². The van der Waals surface area contributed by atoms with Gasteiger partial charge in [0.1, 0.15) is 12.6 Å². The number of nitrogens with zero attached hydrogens (tertiary/aromatic N) is 1. The lowest BCUT2D eigenvalue weighted by atomic mass is 10.1. The highest BCUT2D eigenvalue weighted by atomic mass is 31.2. The van der Waals surface area contributed by atoms with Crippen LogP contribution in [0.1, 0.15) is 12.0 Å². The fourth-order valence-electron chi connectivity index (χ4n) is 1.48. The molecule has 0 aliphatic carbocycles. The molecule has 1 rings (SSSR count). The van der Waals surface area contributed by atoms with Crippen LogP contribution in [0.25, 0.3) is 0 Å². The van der Waals surface area contributed by atoms with Crippen molar-refractivity contribution in [3.8, 4) is 0 Å². The zero-order valence-electron chi connectivity index (χ0n) is 11.1. The molecule has 5 N–H and O–H groups in total. The number of aliphatic carboxylic acids is 1. The monoisotopic (exact) mass is 316 g/mol. The molecular formula is C12H17N2O6P. The van der Waals surface area contributed by atoms with E-state index in [2.05, 4.69) is 5.16 Å². The van der Waals surface area contributed by atoms with Gasteiger partial charge in [-0.25, -0.2) is 0 Å². The molecule has 0 amide bonds. The second-order valence-corrected chi connectivity index (χ2v) is 6.03. The Hall–Kier alpha value is -1.73. The molecule has 0 radical (unpaired) electrons. The minimum atomic E-state index is -4.38. The highest BCUT2D eigenvalue weighted by molar-refractivity contribution is 7.52. The van der Waals surface area contributed by atoms with Crippen molar-refractivity contribution >= 4 is 19.3 Å². The Bertz CT molecular complexity index is 542. The van der Waals surface area contributed by atoms with Gasteiger partial charge in [-0.3, -0.25) is 9.36 Å². The third-order valence-electron chi connectivity index (χ3n) is 2.43. The average molecular weight is 316 g/mol. The standard InChI is InChI=1S/C12H17N2O6P/c13-11(12(15)16)6-10(8-21(17,18)19)14-20-7-9-4-2-1-3-5-9/h1-5,11H,6-8,13H2,(H,15,16)(H2,17,18,19)/t11-/m0/s1. The third kappa shape index (κ3) is 7.57. The van der Waals surface area contributed by atoms with E-state index in [4.69, 9.17) is 25.5 Å². The van der Waals surface area contributed by atoms with E-state index in [9.17, 15) is 9.36 Å². The largest absolute Gasteiger partial charge is 0.480 e. The number of nitrogens with two attached hydrogens (primary N) is 1. The van der Waals surface area contributed by atoms with Crippen LogP contribution in [0.2, 0.25) is 0 Å². The fraction of sp³-hybridized carbons (Fsp3) is 0.333. The van der Waals surface area contributed by atoms with Gasteiger partial charge in [0.15, 0.2) is 0 Å². The van der Waals surface area contributed by atoms with E-state index in [1.165, 1.54) is 0 Å². The minimum Gasteiger partial charge on any atom is -0.480 e. The van der Waals surface area contributed by atoms with Crippen LogP contribution in [-0.4, -0.2) is 38.8 Å². The van der Waals surface area contributed by atoms with Crippen LogP contribution in [0.3, 0.4) is 0 Å². The van der Waals surface area contributed by atoms with Gasteiger partial charge >= 0.3 is 13.6 Å². The van der Waals surface area contributed by atoms with E-state index in [0.29, 0.717) is 0 Å². The Kier molecular flexibility index (Phi) is 6.51. The molecule has 0 aliphatic rings. The molecule has 0 saturated heterocycles. The van der Waals surface area contributed by atoms with Crippen molar-refractivity contribution in [3.63, 3.8) is 0 Å². The summed E-state index contributed by atoms with van der Waals surface area (Å²) in [5.41, 5.74) is 6.06. The van der Waals surface area contributed by atoms with Crippen LogP contribution in [-0.2, 0) is 20.8 Å². The molecule has 0 aromatic heterocycles. The van der Waals surface area contributed by atoms with Crippen LogP contribution in [0.4, 0.5) is 0 Å². The maximum Gasteiger partial charge on any atom is 0.331 e. The molecule has 1 atom stereocenters. The van der Waals surface area contributed by atoms with Crippen LogP contribution in [0.5, 0.6) is 0 Å². The van der Waals surface area contributed by atoms with Crippen molar-refractivity contribution in [2.24, 2.45) is 10.9 Å². The number of carbonyl (C=O) groups is 1. The van der Waals surface area contributed by atoms with Gasteiger partial charge in [0.05, 0.1) is 11.9 Å². The summed E-state index contributed by atoms with van der Waals surface area (Å²) in [6.07, 6.45) is -0.988.